The van der Waals surface area contributed by atoms with Gasteiger partial charge in [0.05, 0.1) is 0 Å². The zero-order valence-corrected chi connectivity index (χ0v) is 14.2. The minimum atomic E-state index is 0.290. The Morgan fingerprint density at radius 3 is 2.86 bits per heavy atom. The van der Waals surface area contributed by atoms with Crippen LogP contribution in [0.1, 0.15) is 20.3 Å². The van der Waals surface area contributed by atoms with Crippen molar-refractivity contribution in [2.75, 3.05) is 26.2 Å². The fourth-order valence-electron chi connectivity index (χ4n) is 3.85. The lowest BCUT2D eigenvalue weighted by Gasteiger charge is -2.42. The molecule has 0 bridgehead atoms. The molecular weight excluding hydrogens is 296 g/mol. The monoisotopic (exact) mass is 320 g/mol. The summed E-state index contributed by atoms with van der Waals surface area (Å²) in [6.45, 7) is 9.00. The van der Waals surface area contributed by atoms with Gasteiger partial charge in [-0.05, 0) is 42.0 Å². The van der Waals surface area contributed by atoms with Crippen molar-refractivity contribution < 1.29 is 5.11 Å². The van der Waals surface area contributed by atoms with Crippen LogP contribution in [-0.2, 0) is 6.54 Å². The SMILES string of the molecule is CC1(C)CC(CO)CN(CCn2ccc3cc(Cl)ccc32)C1. The molecule has 1 aromatic carbocycles. The van der Waals surface area contributed by atoms with E-state index in [1.54, 1.807) is 0 Å². The summed E-state index contributed by atoms with van der Waals surface area (Å²) in [6, 6.07) is 8.18. The van der Waals surface area contributed by atoms with E-state index in [-0.39, 0.29) is 5.41 Å². The van der Waals surface area contributed by atoms with Gasteiger partial charge in [-0.3, -0.25) is 0 Å². The summed E-state index contributed by atoms with van der Waals surface area (Å²) in [6.07, 6.45) is 3.25. The smallest absolute Gasteiger partial charge is 0.0481 e. The Kier molecular flexibility index (Phi) is 4.49. The van der Waals surface area contributed by atoms with E-state index >= 15 is 0 Å². The number of aromatic nitrogens is 1. The Morgan fingerprint density at radius 2 is 2.09 bits per heavy atom. The van der Waals surface area contributed by atoms with Crippen LogP contribution in [0.3, 0.4) is 0 Å². The molecule has 0 spiro atoms. The van der Waals surface area contributed by atoms with Crippen molar-refractivity contribution in [1.29, 1.82) is 0 Å². The molecule has 3 rings (SSSR count). The molecule has 1 N–H and O–H groups in total. The number of aliphatic hydroxyl groups is 1. The topological polar surface area (TPSA) is 28.4 Å². The molecule has 3 nitrogen and oxygen atoms in total. The largest absolute Gasteiger partial charge is 0.396 e. The first-order valence-electron chi connectivity index (χ1n) is 8.04. The number of rotatable bonds is 4. The predicted molar refractivity (Wildman–Crippen MR) is 92.4 cm³/mol. The van der Waals surface area contributed by atoms with E-state index in [4.69, 9.17) is 11.6 Å². The summed E-state index contributed by atoms with van der Waals surface area (Å²) in [5.41, 5.74) is 1.53. The van der Waals surface area contributed by atoms with E-state index in [9.17, 15) is 5.11 Å². The van der Waals surface area contributed by atoms with Crippen LogP contribution in [0.15, 0.2) is 30.5 Å². The molecule has 1 aliphatic rings. The van der Waals surface area contributed by atoms with Crippen LogP contribution in [0.25, 0.3) is 10.9 Å². The van der Waals surface area contributed by atoms with Gasteiger partial charge in [0.2, 0.25) is 0 Å². The Balaban J connectivity index is 1.68. The van der Waals surface area contributed by atoms with Gasteiger partial charge in [0.15, 0.2) is 0 Å². The molecule has 22 heavy (non-hydrogen) atoms. The Labute approximate surface area is 137 Å². The number of aliphatic hydroxyl groups excluding tert-OH is 1. The average molecular weight is 321 g/mol. The molecule has 1 saturated heterocycles. The molecule has 0 amide bonds. The van der Waals surface area contributed by atoms with Crippen LogP contribution in [0, 0.1) is 11.3 Å². The number of hydrogen-bond donors (Lipinski definition) is 1. The molecule has 1 aromatic heterocycles. The van der Waals surface area contributed by atoms with Gasteiger partial charge in [-0.1, -0.05) is 25.4 Å². The summed E-state index contributed by atoms with van der Waals surface area (Å²) < 4.78 is 2.29. The second-order valence-electron chi connectivity index (χ2n) is 7.36. The predicted octanol–water partition coefficient (Wildman–Crippen LogP) is 3.64. The van der Waals surface area contributed by atoms with Crippen molar-refractivity contribution in [2.45, 2.75) is 26.8 Å². The van der Waals surface area contributed by atoms with Gasteiger partial charge < -0.3 is 14.6 Å². The highest BCUT2D eigenvalue weighted by Gasteiger charge is 2.31. The van der Waals surface area contributed by atoms with Crippen LogP contribution in [0.5, 0.6) is 0 Å². The normalized spacial score (nSPS) is 22.3. The van der Waals surface area contributed by atoms with Gasteiger partial charge in [0, 0.05) is 54.9 Å². The van der Waals surface area contributed by atoms with E-state index in [1.807, 2.05) is 12.1 Å². The van der Waals surface area contributed by atoms with Crippen molar-refractivity contribution in [1.82, 2.24) is 9.47 Å². The van der Waals surface area contributed by atoms with Crippen LogP contribution in [0.4, 0.5) is 0 Å². The number of piperidine rings is 1. The third kappa shape index (κ3) is 3.48. The maximum Gasteiger partial charge on any atom is 0.0481 e. The summed E-state index contributed by atoms with van der Waals surface area (Å²) >= 11 is 6.05. The maximum atomic E-state index is 9.52. The Bertz CT molecular complexity index is 650. The van der Waals surface area contributed by atoms with Crippen LogP contribution >= 0.6 is 11.6 Å². The molecule has 0 saturated carbocycles. The molecule has 0 aliphatic carbocycles. The van der Waals surface area contributed by atoms with Crippen molar-refractivity contribution in [3.05, 3.63) is 35.5 Å². The summed E-state index contributed by atoms with van der Waals surface area (Å²) in [7, 11) is 0. The maximum absolute atomic E-state index is 9.52. The van der Waals surface area contributed by atoms with E-state index in [0.717, 1.165) is 37.6 Å². The molecule has 4 heteroatoms. The first-order valence-corrected chi connectivity index (χ1v) is 8.42. The number of benzene rings is 1. The number of halogens is 1. The fourth-order valence-corrected chi connectivity index (χ4v) is 4.03. The second kappa shape index (κ2) is 6.23. The molecular formula is C18H25ClN2O. The highest BCUT2D eigenvalue weighted by atomic mass is 35.5. The molecule has 1 unspecified atom stereocenters. The highest BCUT2D eigenvalue weighted by Crippen LogP contribution is 2.32. The van der Waals surface area contributed by atoms with Gasteiger partial charge in [0.1, 0.15) is 0 Å². The zero-order valence-electron chi connectivity index (χ0n) is 13.4. The van der Waals surface area contributed by atoms with E-state index in [0.29, 0.717) is 12.5 Å². The summed E-state index contributed by atoms with van der Waals surface area (Å²) in [4.78, 5) is 2.49. The van der Waals surface area contributed by atoms with E-state index in [1.165, 1.54) is 10.9 Å². The van der Waals surface area contributed by atoms with E-state index in [2.05, 4.69) is 41.6 Å². The number of hydrogen-bond acceptors (Lipinski definition) is 2. The highest BCUT2D eigenvalue weighted by molar-refractivity contribution is 6.31. The molecule has 120 valence electrons. The van der Waals surface area contributed by atoms with Crippen molar-refractivity contribution >= 4 is 22.5 Å². The lowest BCUT2D eigenvalue weighted by molar-refractivity contribution is 0.0428. The summed E-state index contributed by atoms with van der Waals surface area (Å²) in [5.74, 6) is 0.406. The minimum absolute atomic E-state index is 0.290. The van der Waals surface area contributed by atoms with Crippen molar-refractivity contribution in [3.8, 4) is 0 Å². The van der Waals surface area contributed by atoms with Gasteiger partial charge >= 0.3 is 0 Å². The van der Waals surface area contributed by atoms with Crippen LogP contribution < -0.4 is 0 Å². The number of likely N-dealkylation sites (tertiary alicyclic amines) is 1. The lowest BCUT2D eigenvalue weighted by atomic mass is 9.79. The molecule has 0 radical (unpaired) electrons. The standard InChI is InChI=1S/C18H25ClN2O/c1-18(2)10-14(12-22)11-20(13-18)7-8-21-6-5-15-9-16(19)3-4-17(15)21/h3-6,9,14,22H,7-8,10-13H2,1-2H3. The minimum Gasteiger partial charge on any atom is -0.396 e. The van der Waals surface area contributed by atoms with Gasteiger partial charge in [0.25, 0.3) is 0 Å². The summed E-state index contributed by atoms with van der Waals surface area (Å²) in [5, 5.41) is 11.5. The zero-order chi connectivity index (χ0) is 15.7. The molecule has 1 atom stereocenters. The molecule has 1 aliphatic heterocycles. The molecule has 2 aromatic rings. The Hall–Kier alpha value is -1.03. The Morgan fingerprint density at radius 1 is 1.27 bits per heavy atom. The van der Waals surface area contributed by atoms with Gasteiger partial charge in [-0.25, -0.2) is 0 Å². The van der Waals surface area contributed by atoms with Crippen LogP contribution in [0.2, 0.25) is 5.02 Å². The van der Waals surface area contributed by atoms with Crippen molar-refractivity contribution in [2.24, 2.45) is 11.3 Å². The average Bonchev–Trinajstić information content (AvgIpc) is 2.85. The van der Waals surface area contributed by atoms with Gasteiger partial charge in [-0.2, -0.15) is 0 Å². The van der Waals surface area contributed by atoms with Crippen LogP contribution in [-0.4, -0.2) is 40.8 Å². The first kappa shape index (κ1) is 15.9. The fraction of sp³-hybridized carbons (Fsp3) is 0.556. The number of fused-ring (bicyclic) bond motifs is 1. The quantitative estimate of drug-likeness (QED) is 0.931. The third-order valence-corrected chi connectivity index (χ3v) is 4.89. The number of nitrogens with zero attached hydrogens (tertiary/aromatic N) is 2. The van der Waals surface area contributed by atoms with Crippen molar-refractivity contribution in [3.63, 3.8) is 0 Å². The first-order chi connectivity index (χ1) is 10.5. The molecule has 2 heterocycles. The van der Waals surface area contributed by atoms with E-state index < -0.39 is 0 Å². The molecule has 1 fully saturated rings. The third-order valence-electron chi connectivity index (χ3n) is 4.66. The van der Waals surface area contributed by atoms with Gasteiger partial charge in [-0.15, -0.1) is 0 Å². The second-order valence-corrected chi connectivity index (χ2v) is 7.80. The lowest BCUT2D eigenvalue weighted by Crippen LogP contribution is -2.46.